The molecule has 0 heterocycles. The van der Waals surface area contributed by atoms with Crippen LogP contribution in [0, 0.1) is 0 Å². The summed E-state index contributed by atoms with van der Waals surface area (Å²) in [5.41, 5.74) is 1.34. The number of amides is 1. The number of methoxy groups -OCH3 is 1. The number of ether oxygens (including phenoxy) is 2. The normalized spacial score (nSPS) is 11.0. The van der Waals surface area contributed by atoms with Gasteiger partial charge in [0.2, 0.25) is 15.9 Å². The zero-order valence-electron chi connectivity index (χ0n) is 17.3. The molecule has 0 atom stereocenters. The van der Waals surface area contributed by atoms with Gasteiger partial charge in [0, 0.05) is 13.6 Å². The molecule has 29 heavy (non-hydrogen) atoms. The van der Waals surface area contributed by atoms with Crippen molar-refractivity contribution in [1.82, 2.24) is 4.90 Å². The Morgan fingerprint density at radius 2 is 1.59 bits per heavy atom. The molecule has 0 unspecified atom stereocenters. The molecule has 0 spiro atoms. The molecule has 0 N–H and O–H groups in total. The van der Waals surface area contributed by atoms with Crippen molar-refractivity contribution in [3.63, 3.8) is 0 Å². The van der Waals surface area contributed by atoms with Crippen molar-refractivity contribution in [1.29, 1.82) is 0 Å². The number of sulfonamides is 1. The van der Waals surface area contributed by atoms with Crippen LogP contribution in [0.15, 0.2) is 48.5 Å². The zero-order valence-corrected chi connectivity index (χ0v) is 18.1. The molecule has 0 bridgehead atoms. The molecule has 158 valence electrons. The van der Waals surface area contributed by atoms with Gasteiger partial charge in [0.05, 0.1) is 25.7 Å². The summed E-state index contributed by atoms with van der Waals surface area (Å²) in [7, 11) is -0.392. The number of carbonyl (C=O) groups is 1. The van der Waals surface area contributed by atoms with E-state index in [9.17, 15) is 13.2 Å². The summed E-state index contributed by atoms with van der Waals surface area (Å²) in [5.74, 6) is 1.09. The Morgan fingerprint density at radius 1 is 1.00 bits per heavy atom. The summed E-state index contributed by atoms with van der Waals surface area (Å²) in [6, 6.07) is 14.1. The van der Waals surface area contributed by atoms with E-state index in [0.717, 1.165) is 28.3 Å². The second kappa shape index (κ2) is 10.2. The molecular weight excluding hydrogens is 392 g/mol. The summed E-state index contributed by atoms with van der Waals surface area (Å²) >= 11 is 0. The smallest absolute Gasteiger partial charge is 0.243 e. The van der Waals surface area contributed by atoms with Gasteiger partial charge in [0.25, 0.3) is 0 Å². The second-order valence-electron chi connectivity index (χ2n) is 6.71. The van der Waals surface area contributed by atoms with E-state index in [1.807, 2.05) is 31.2 Å². The summed E-state index contributed by atoms with van der Waals surface area (Å²) in [4.78, 5) is 14.2. The van der Waals surface area contributed by atoms with Gasteiger partial charge >= 0.3 is 0 Å². The fourth-order valence-corrected chi connectivity index (χ4v) is 3.51. The SMILES string of the molecule is CCCOc1ccc(N(CC(=O)N(C)Cc2ccc(OC)cc2)S(C)(=O)=O)cc1. The van der Waals surface area contributed by atoms with E-state index >= 15 is 0 Å². The fraction of sp³-hybridized carbons (Fsp3) is 0.381. The Labute approximate surface area is 172 Å². The Kier molecular flexibility index (Phi) is 7.90. The maximum atomic E-state index is 12.7. The largest absolute Gasteiger partial charge is 0.497 e. The molecule has 1 amide bonds. The van der Waals surface area contributed by atoms with E-state index in [-0.39, 0.29) is 12.5 Å². The van der Waals surface area contributed by atoms with Crippen molar-refractivity contribution >= 4 is 21.6 Å². The number of likely N-dealkylation sites (N-methyl/N-ethyl adjacent to an activating group) is 1. The number of carbonyl (C=O) groups excluding carboxylic acids is 1. The molecule has 0 radical (unpaired) electrons. The Morgan fingerprint density at radius 3 is 2.10 bits per heavy atom. The Bertz CT molecular complexity index is 896. The topological polar surface area (TPSA) is 76.2 Å². The minimum absolute atomic E-state index is 0.277. The predicted octanol–water partition coefficient (Wildman–Crippen LogP) is 2.91. The van der Waals surface area contributed by atoms with E-state index in [0.29, 0.717) is 24.6 Å². The monoisotopic (exact) mass is 420 g/mol. The van der Waals surface area contributed by atoms with Gasteiger partial charge in [0.15, 0.2) is 0 Å². The van der Waals surface area contributed by atoms with Gasteiger partial charge in [-0.1, -0.05) is 19.1 Å². The summed E-state index contributed by atoms with van der Waals surface area (Å²) in [6.45, 7) is 2.68. The van der Waals surface area contributed by atoms with Crippen LogP contribution in [-0.2, 0) is 21.4 Å². The zero-order chi connectivity index (χ0) is 21.4. The highest BCUT2D eigenvalue weighted by Crippen LogP contribution is 2.22. The first-order valence-electron chi connectivity index (χ1n) is 9.32. The highest BCUT2D eigenvalue weighted by atomic mass is 32.2. The Hall–Kier alpha value is -2.74. The first kappa shape index (κ1) is 22.5. The maximum Gasteiger partial charge on any atom is 0.243 e. The third-order valence-corrected chi connectivity index (χ3v) is 5.42. The van der Waals surface area contributed by atoms with Crippen molar-refractivity contribution in [2.75, 3.05) is 37.9 Å². The lowest BCUT2D eigenvalue weighted by Gasteiger charge is -2.25. The van der Waals surface area contributed by atoms with Gasteiger partial charge in [-0.2, -0.15) is 0 Å². The van der Waals surface area contributed by atoms with Crippen LogP contribution in [0.3, 0.4) is 0 Å². The van der Waals surface area contributed by atoms with Crippen LogP contribution in [0.25, 0.3) is 0 Å². The first-order valence-corrected chi connectivity index (χ1v) is 11.2. The van der Waals surface area contributed by atoms with E-state index in [4.69, 9.17) is 9.47 Å². The van der Waals surface area contributed by atoms with Crippen LogP contribution in [0.1, 0.15) is 18.9 Å². The highest BCUT2D eigenvalue weighted by Gasteiger charge is 2.23. The molecule has 7 nitrogen and oxygen atoms in total. The molecule has 0 saturated carbocycles. The van der Waals surface area contributed by atoms with Gasteiger partial charge in [-0.05, 0) is 48.4 Å². The van der Waals surface area contributed by atoms with Gasteiger partial charge in [-0.3, -0.25) is 9.10 Å². The van der Waals surface area contributed by atoms with E-state index < -0.39 is 10.0 Å². The number of anilines is 1. The molecular formula is C21H28N2O5S. The number of hydrogen-bond donors (Lipinski definition) is 0. The van der Waals surface area contributed by atoms with E-state index in [2.05, 4.69) is 0 Å². The minimum atomic E-state index is -3.63. The van der Waals surface area contributed by atoms with Gasteiger partial charge in [-0.25, -0.2) is 8.42 Å². The van der Waals surface area contributed by atoms with Gasteiger partial charge in [-0.15, -0.1) is 0 Å². The van der Waals surface area contributed by atoms with Crippen molar-refractivity contribution < 1.29 is 22.7 Å². The summed E-state index contributed by atoms with van der Waals surface area (Å²) < 4.78 is 36.3. The molecule has 0 fully saturated rings. The molecule has 0 aliphatic heterocycles. The van der Waals surface area contributed by atoms with Crippen LogP contribution in [-0.4, -0.2) is 52.8 Å². The third-order valence-electron chi connectivity index (χ3n) is 4.28. The van der Waals surface area contributed by atoms with Crippen molar-refractivity contribution in [2.24, 2.45) is 0 Å². The van der Waals surface area contributed by atoms with Gasteiger partial charge < -0.3 is 14.4 Å². The summed E-state index contributed by atoms with van der Waals surface area (Å²) in [5, 5.41) is 0. The molecule has 0 aliphatic carbocycles. The molecule has 2 aromatic rings. The van der Waals surface area contributed by atoms with Crippen molar-refractivity contribution in [3.05, 3.63) is 54.1 Å². The van der Waals surface area contributed by atoms with Crippen LogP contribution in [0.5, 0.6) is 11.5 Å². The second-order valence-corrected chi connectivity index (χ2v) is 8.62. The average Bonchev–Trinajstić information content (AvgIpc) is 2.70. The molecule has 8 heteroatoms. The molecule has 0 saturated heterocycles. The lowest BCUT2D eigenvalue weighted by molar-refractivity contribution is -0.128. The van der Waals surface area contributed by atoms with Crippen LogP contribution in [0.2, 0.25) is 0 Å². The van der Waals surface area contributed by atoms with Crippen LogP contribution in [0.4, 0.5) is 5.69 Å². The number of nitrogens with zero attached hydrogens (tertiary/aromatic N) is 2. The fourth-order valence-electron chi connectivity index (χ4n) is 2.67. The Balaban J connectivity index is 2.09. The number of benzene rings is 2. The highest BCUT2D eigenvalue weighted by molar-refractivity contribution is 7.92. The van der Waals surface area contributed by atoms with Crippen LogP contribution < -0.4 is 13.8 Å². The van der Waals surface area contributed by atoms with Crippen LogP contribution >= 0.6 is 0 Å². The van der Waals surface area contributed by atoms with Crippen molar-refractivity contribution in [3.8, 4) is 11.5 Å². The number of hydrogen-bond acceptors (Lipinski definition) is 5. The van der Waals surface area contributed by atoms with Crippen molar-refractivity contribution in [2.45, 2.75) is 19.9 Å². The average molecular weight is 421 g/mol. The van der Waals surface area contributed by atoms with Gasteiger partial charge in [0.1, 0.15) is 18.0 Å². The maximum absolute atomic E-state index is 12.7. The molecule has 0 aromatic heterocycles. The summed E-state index contributed by atoms with van der Waals surface area (Å²) in [6.07, 6.45) is 1.97. The minimum Gasteiger partial charge on any atom is -0.497 e. The van der Waals surface area contributed by atoms with E-state index in [1.165, 1.54) is 4.90 Å². The molecule has 2 rings (SSSR count). The first-order chi connectivity index (χ1) is 13.7. The lowest BCUT2D eigenvalue weighted by Crippen LogP contribution is -2.41. The quantitative estimate of drug-likeness (QED) is 0.591. The van der Waals surface area contributed by atoms with E-state index in [1.54, 1.807) is 38.4 Å². The predicted molar refractivity (Wildman–Crippen MR) is 114 cm³/mol. The standard InChI is InChI=1S/C21H28N2O5S/c1-5-14-28-20-12-8-18(9-13-20)23(29(4,25)26)16-21(24)22(2)15-17-6-10-19(27-3)11-7-17/h6-13H,5,14-16H2,1-4H3. The third kappa shape index (κ3) is 6.67. The lowest BCUT2D eigenvalue weighted by atomic mass is 10.2. The number of rotatable bonds is 10. The molecule has 2 aromatic carbocycles. The molecule has 0 aliphatic rings.